The topological polar surface area (TPSA) is 76.0 Å². The molecule has 0 bridgehead atoms. The monoisotopic (exact) mass is 392 g/mol. The van der Waals surface area contributed by atoms with E-state index in [-0.39, 0.29) is 29.2 Å². The minimum absolute atomic E-state index is 0.0395. The van der Waals surface area contributed by atoms with Gasteiger partial charge in [0.1, 0.15) is 11.6 Å². The van der Waals surface area contributed by atoms with Gasteiger partial charge in [-0.25, -0.2) is 9.07 Å². The zero-order valence-corrected chi connectivity index (χ0v) is 15.8. The number of amides is 2. The van der Waals surface area contributed by atoms with E-state index < -0.39 is 0 Å². The number of halogens is 1. The molecule has 0 saturated heterocycles. The second-order valence-corrected chi connectivity index (χ2v) is 7.06. The van der Waals surface area contributed by atoms with Crippen molar-refractivity contribution in [3.05, 3.63) is 77.7 Å². The van der Waals surface area contributed by atoms with Crippen molar-refractivity contribution in [3.63, 3.8) is 0 Å². The fourth-order valence-corrected chi connectivity index (χ4v) is 3.02. The molecule has 29 heavy (non-hydrogen) atoms. The van der Waals surface area contributed by atoms with Crippen molar-refractivity contribution < 1.29 is 14.0 Å². The second kappa shape index (κ2) is 8.26. The third kappa shape index (κ3) is 4.68. The van der Waals surface area contributed by atoms with Crippen molar-refractivity contribution in [3.8, 4) is 5.69 Å². The highest BCUT2D eigenvalue weighted by Gasteiger charge is 2.30. The molecular weight excluding hydrogens is 371 g/mol. The molecule has 2 N–H and O–H groups in total. The molecular formula is C22H21FN4O2. The van der Waals surface area contributed by atoms with Crippen LogP contribution in [0.1, 0.15) is 28.9 Å². The maximum absolute atomic E-state index is 13.3. The predicted molar refractivity (Wildman–Crippen MR) is 107 cm³/mol. The van der Waals surface area contributed by atoms with Crippen LogP contribution in [0.15, 0.2) is 60.7 Å². The second-order valence-electron chi connectivity index (χ2n) is 7.06. The van der Waals surface area contributed by atoms with Gasteiger partial charge in [0.2, 0.25) is 5.91 Å². The Balaban J connectivity index is 1.48. The summed E-state index contributed by atoms with van der Waals surface area (Å²) in [7, 11) is 0. The first-order chi connectivity index (χ1) is 14.1. The number of aromatic nitrogens is 2. The van der Waals surface area contributed by atoms with Crippen LogP contribution >= 0.6 is 0 Å². The lowest BCUT2D eigenvalue weighted by Crippen LogP contribution is -2.26. The maximum atomic E-state index is 13.3. The van der Waals surface area contributed by atoms with Gasteiger partial charge in [-0.05, 0) is 49.1 Å². The predicted octanol–water partition coefficient (Wildman–Crippen LogP) is 3.33. The first-order valence-corrected chi connectivity index (χ1v) is 9.59. The minimum atomic E-state index is -0.349. The molecule has 2 aromatic carbocycles. The zero-order valence-electron chi connectivity index (χ0n) is 15.8. The number of nitrogens with zero attached hydrogens (tertiary/aromatic N) is 2. The third-order valence-corrected chi connectivity index (χ3v) is 4.73. The number of carbonyl (C=O) groups is 2. The molecule has 1 fully saturated rings. The Morgan fingerprint density at radius 3 is 2.59 bits per heavy atom. The van der Waals surface area contributed by atoms with Gasteiger partial charge >= 0.3 is 0 Å². The van der Waals surface area contributed by atoms with Crippen LogP contribution in [0.4, 0.5) is 10.2 Å². The molecule has 1 aliphatic rings. The maximum Gasteiger partial charge on any atom is 0.271 e. The van der Waals surface area contributed by atoms with Gasteiger partial charge in [0.25, 0.3) is 5.91 Å². The van der Waals surface area contributed by atoms with Crippen molar-refractivity contribution in [2.75, 3.05) is 11.9 Å². The van der Waals surface area contributed by atoms with Crippen LogP contribution in [0, 0.1) is 11.7 Å². The third-order valence-electron chi connectivity index (χ3n) is 4.73. The lowest BCUT2D eigenvalue weighted by Gasteiger charge is -2.08. The molecule has 6 nitrogen and oxygen atoms in total. The standard InChI is InChI=1S/C22H21FN4O2/c23-17-6-4-5-15(13-17)11-12-24-22(29)19-14-20(25-21(28)16-9-10-16)27(26-19)18-7-2-1-3-8-18/h1-8,13-14,16H,9-12H2,(H,24,29)(H,25,28). The number of hydrogen-bond acceptors (Lipinski definition) is 3. The molecule has 0 aliphatic heterocycles. The van der Waals surface area contributed by atoms with Crippen molar-refractivity contribution in [1.82, 2.24) is 15.1 Å². The molecule has 0 spiro atoms. The minimum Gasteiger partial charge on any atom is -0.350 e. The summed E-state index contributed by atoms with van der Waals surface area (Å²) in [6.07, 6.45) is 2.28. The van der Waals surface area contributed by atoms with E-state index in [1.165, 1.54) is 12.1 Å². The molecule has 148 valence electrons. The Morgan fingerprint density at radius 2 is 1.86 bits per heavy atom. The molecule has 0 atom stereocenters. The van der Waals surface area contributed by atoms with E-state index in [9.17, 15) is 14.0 Å². The SMILES string of the molecule is O=C(NCCc1cccc(F)c1)c1cc(NC(=O)C2CC2)n(-c2ccccc2)n1. The first-order valence-electron chi connectivity index (χ1n) is 9.59. The first kappa shape index (κ1) is 18.9. The van der Waals surface area contributed by atoms with Crippen molar-refractivity contribution in [2.45, 2.75) is 19.3 Å². The normalized spacial score (nSPS) is 13.1. The molecule has 0 radical (unpaired) electrons. The molecule has 1 heterocycles. The van der Waals surface area contributed by atoms with Crippen LogP contribution < -0.4 is 10.6 Å². The summed E-state index contributed by atoms with van der Waals surface area (Å²) in [5.41, 5.74) is 1.76. The van der Waals surface area contributed by atoms with Gasteiger partial charge in [-0.1, -0.05) is 30.3 Å². The summed E-state index contributed by atoms with van der Waals surface area (Å²) in [5.74, 6) is -0.203. The lowest BCUT2D eigenvalue weighted by molar-refractivity contribution is -0.117. The number of hydrogen-bond donors (Lipinski definition) is 2. The van der Waals surface area contributed by atoms with Crippen LogP contribution in [0.3, 0.4) is 0 Å². The van der Waals surface area contributed by atoms with Crippen LogP contribution in [-0.4, -0.2) is 28.1 Å². The van der Waals surface area contributed by atoms with Gasteiger partial charge in [-0.3, -0.25) is 9.59 Å². The molecule has 1 aromatic heterocycles. The van der Waals surface area contributed by atoms with E-state index in [2.05, 4.69) is 15.7 Å². The molecule has 4 rings (SSSR count). The highest BCUT2D eigenvalue weighted by Crippen LogP contribution is 2.30. The summed E-state index contributed by atoms with van der Waals surface area (Å²) in [6.45, 7) is 0.351. The Hall–Kier alpha value is -3.48. The van der Waals surface area contributed by atoms with Crippen LogP contribution in [0.5, 0.6) is 0 Å². The van der Waals surface area contributed by atoms with E-state index in [0.29, 0.717) is 18.8 Å². The van der Waals surface area contributed by atoms with E-state index in [0.717, 1.165) is 24.1 Å². The number of para-hydroxylation sites is 1. The molecule has 7 heteroatoms. The van der Waals surface area contributed by atoms with E-state index >= 15 is 0 Å². The van der Waals surface area contributed by atoms with Crippen LogP contribution in [0.2, 0.25) is 0 Å². The number of anilines is 1. The largest absolute Gasteiger partial charge is 0.350 e. The molecule has 2 amide bonds. The Labute approximate surface area is 167 Å². The van der Waals surface area contributed by atoms with Gasteiger partial charge in [0.05, 0.1) is 5.69 Å². The highest BCUT2D eigenvalue weighted by atomic mass is 19.1. The Morgan fingerprint density at radius 1 is 1.07 bits per heavy atom. The molecule has 3 aromatic rings. The summed E-state index contributed by atoms with van der Waals surface area (Å²) >= 11 is 0. The van der Waals surface area contributed by atoms with Gasteiger partial charge in [-0.2, -0.15) is 5.10 Å². The van der Waals surface area contributed by atoms with Crippen molar-refractivity contribution in [1.29, 1.82) is 0 Å². The fraction of sp³-hybridized carbons (Fsp3) is 0.227. The van der Waals surface area contributed by atoms with E-state index in [4.69, 9.17) is 0 Å². The smallest absolute Gasteiger partial charge is 0.271 e. The Bertz CT molecular complexity index is 1030. The van der Waals surface area contributed by atoms with Crippen molar-refractivity contribution >= 4 is 17.6 Å². The molecule has 1 saturated carbocycles. The lowest BCUT2D eigenvalue weighted by atomic mass is 10.1. The summed E-state index contributed by atoms with van der Waals surface area (Å²) in [5, 5.41) is 10.1. The van der Waals surface area contributed by atoms with Gasteiger partial charge < -0.3 is 10.6 Å². The van der Waals surface area contributed by atoms with Crippen LogP contribution in [0.25, 0.3) is 5.69 Å². The molecule has 0 unspecified atom stereocenters. The van der Waals surface area contributed by atoms with Gasteiger partial charge in [0, 0.05) is 18.5 Å². The number of nitrogens with one attached hydrogen (secondary N) is 2. The van der Waals surface area contributed by atoms with E-state index in [1.807, 2.05) is 36.4 Å². The fourth-order valence-electron chi connectivity index (χ4n) is 3.02. The number of benzene rings is 2. The molecule has 1 aliphatic carbocycles. The van der Waals surface area contributed by atoms with E-state index in [1.54, 1.807) is 16.8 Å². The summed E-state index contributed by atoms with van der Waals surface area (Å²) in [6, 6.07) is 17.2. The highest BCUT2D eigenvalue weighted by molar-refractivity contribution is 5.97. The van der Waals surface area contributed by atoms with Gasteiger partial charge in [-0.15, -0.1) is 0 Å². The average molecular weight is 392 g/mol. The quantitative estimate of drug-likeness (QED) is 0.648. The van der Waals surface area contributed by atoms with Crippen molar-refractivity contribution in [2.24, 2.45) is 5.92 Å². The summed E-state index contributed by atoms with van der Waals surface area (Å²) < 4.78 is 14.8. The number of rotatable bonds is 7. The summed E-state index contributed by atoms with van der Waals surface area (Å²) in [4.78, 5) is 24.8. The zero-order chi connectivity index (χ0) is 20.2. The average Bonchev–Trinajstić information content (AvgIpc) is 3.49. The van der Waals surface area contributed by atoms with Crippen LogP contribution in [-0.2, 0) is 11.2 Å². The van der Waals surface area contributed by atoms with Gasteiger partial charge in [0.15, 0.2) is 5.69 Å². The Kier molecular flexibility index (Phi) is 5.37. The number of carbonyl (C=O) groups excluding carboxylic acids is 2.